The zero-order chi connectivity index (χ0) is 23.0. The second kappa shape index (κ2) is 11.1. The van der Waals surface area contributed by atoms with Gasteiger partial charge in [0.25, 0.3) is 5.91 Å². The molecule has 4 rings (SSSR count). The highest BCUT2D eigenvalue weighted by atomic mass is 35.5. The normalized spacial score (nSPS) is 10.6. The van der Waals surface area contributed by atoms with Crippen LogP contribution in [0.15, 0.2) is 102 Å². The molecule has 0 aliphatic rings. The molecular formula is C28H24ClNO2S. The number of thioether (sulfide) groups is 1. The number of benzene rings is 4. The van der Waals surface area contributed by atoms with E-state index in [1.807, 2.05) is 55.5 Å². The van der Waals surface area contributed by atoms with Crippen LogP contribution in [0.1, 0.15) is 27.0 Å². The third-order valence-electron chi connectivity index (χ3n) is 5.16. The van der Waals surface area contributed by atoms with Gasteiger partial charge in [0.1, 0.15) is 12.4 Å². The van der Waals surface area contributed by atoms with E-state index in [9.17, 15) is 4.79 Å². The quantitative estimate of drug-likeness (QED) is 0.265. The number of rotatable bonds is 8. The lowest BCUT2D eigenvalue weighted by atomic mass is 10.1. The van der Waals surface area contributed by atoms with Gasteiger partial charge in [-0.25, -0.2) is 0 Å². The second-order valence-electron chi connectivity index (χ2n) is 7.61. The third-order valence-corrected chi connectivity index (χ3v) is 6.61. The van der Waals surface area contributed by atoms with E-state index < -0.39 is 0 Å². The number of halogens is 1. The van der Waals surface area contributed by atoms with Crippen molar-refractivity contribution in [1.82, 2.24) is 0 Å². The highest BCUT2D eigenvalue weighted by Crippen LogP contribution is 2.25. The summed E-state index contributed by atoms with van der Waals surface area (Å²) < 4.78 is 5.79. The summed E-state index contributed by atoms with van der Waals surface area (Å²) in [7, 11) is 0. The average Bonchev–Trinajstić information content (AvgIpc) is 2.84. The van der Waals surface area contributed by atoms with E-state index in [0.29, 0.717) is 22.9 Å². The summed E-state index contributed by atoms with van der Waals surface area (Å²) in [4.78, 5) is 14.0. The highest BCUT2D eigenvalue weighted by molar-refractivity contribution is 7.98. The van der Waals surface area contributed by atoms with Gasteiger partial charge in [-0.05, 0) is 66.6 Å². The largest absolute Gasteiger partial charge is 0.489 e. The van der Waals surface area contributed by atoms with E-state index in [2.05, 4.69) is 29.6 Å². The van der Waals surface area contributed by atoms with Crippen molar-refractivity contribution in [3.63, 3.8) is 0 Å². The predicted octanol–water partition coefficient (Wildman–Crippen LogP) is 7.77. The lowest BCUT2D eigenvalue weighted by Crippen LogP contribution is -2.12. The highest BCUT2D eigenvalue weighted by Gasteiger charge is 2.09. The first kappa shape index (κ1) is 23.0. The Balaban J connectivity index is 1.33. The number of ether oxygens (including phenoxy) is 1. The molecule has 0 unspecified atom stereocenters. The molecule has 33 heavy (non-hydrogen) atoms. The molecule has 0 fully saturated rings. The van der Waals surface area contributed by atoms with Crippen molar-refractivity contribution in [2.45, 2.75) is 24.2 Å². The average molecular weight is 474 g/mol. The Morgan fingerprint density at radius 3 is 2.36 bits per heavy atom. The van der Waals surface area contributed by atoms with Gasteiger partial charge in [0.05, 0.1) is 0 Å². The van der Waals surface area contributed by atoms with Crippen molar-refractivity contribution < 1.29 is 9.53 Å². The van der Waals surface area contributed by atoms with Gasteiger partial charge in [0.15, 0.2) is 0 Å². The van der Waals surface area contributed by atoms with E-state index >= 15 is 0 Å². The summed E-state index contributed by atoms with van der Waals surface area (Å²) in [5.74, 6) is 1.42. The van der Waals surface area contributed by atoms with Crippen molar-refractivity contribution in [2.24, 2.45) is 0 Å². The van der Waals surface area contributed by atoms with Crippen molar-refractivity contribution in [2.75, 3.05) is 5.32 Å². The molecule has 0 bridgehead atoms. The van der Waals surface area contributed by atoms with E-state index in [1.54, 1.807) is 36.0 Å². The van der Waals surface area contributed by atoms with Gasteiger partial charge in [-0.2, -0.15) is 0 Å². The lowest BCUT2D eigenvalue weighted by Gasteiger charge is -2.11. The standard InChI is InChI=1S/C28H24ClNO2S/c1-20-17-21(19-33-25-8-3-2-4-9-25)11-16-27(20)30-28(31)22-12-14-24(15-13-22)32-18-23-7-5-6-10-26(23)29/h2-17H,18-19H2,1H3,(H,30,31). The molecule has 0 aliphatic carbocycles. The third kappa shape index (κ3) is 6.41. The molecule has 0 spiro atoms. The van der Waals surface area contributed by atoms with Gasteiger partial charge in [-0.15, -0.1) is 11.8 Å². The monoisotopic (exact) mass is 473 g/mol. The smallest absolute Gasteiger partial charge is 0.255 e. The number of hydrogen-bond donors (Lipinski definition) is 1. The van der Waals surface area contributed by atoms with Gasteiger partial charge in [0, 0.05) is 32.5 Å². The van der Waals surface area contributed by atoms with E-state index in [1.165, 1.54) is 10.5 Å². The van der Waals surface area contributed by atoms with Crippen LogP contribution in [0, 0.1) is 6.92 Å². The number of nitrogens with one attached hydrogen (secondary N) is 1. The maximum Gasteiger partial charge on any atom is 0.255 e. The van der Waals surface area contributed by atoms with Crippen LogP contribution in [-0.4, -0.2) is 5.91 Å². The lowest BCUT2D eigenvalue weighted by molar-refractivity contribution is 0.102. The van der Waals surface area contributed by atoms with E-state index in [0.717, 1.165) is 22.6 Å². The van der Waals surface area contributed by atoms with Crippen molar-refractivity contribution in [3.8, 4) is 5.75 Å². The number of aryl methyl sites for hydroxylation is 1. The van der Waals surface area contributed by atoms with Crippen molar-refractivity contribution >= 4 is 35.0 Å². The molecule has 5 heteroatoms. The first-order chi connectivity index (χ1) is 16.1. The Morgan fingerprint density at radius 2 is 1.64 bits per heavy atom. The number of anilines is 1. The van der Waals surface area contributed by atoms with Gasteiger partial charge in [-0.3, -0.25) is 4.79 Å². The van der Waals surface area contributed by atoms with Crippen LogP contribution in [0.25, 0.3) is 0 Å². The van der Waals surface area contributed by atoms with Crippen LogP contribution in [0.2, 0.25) is 5.02 Å². The fraction of sp³-hybridized carbons (Fsp3) is 0.107. The van der Waals surface area contributed by atoms with Crippen LogP contribution in [-0.2, 0) is 12.4 Å². The van der Waals surface area contributed by atoms with Crippen LogP contribution < -0.4 is 10.1 Å². The first-order valence-corrected chi connectivity index (χ1v) is 12.0. The van der Waals surface area contributed by atoms with Crippen molar-refractivity contribution in [3.05, 3.63) is 124 Å². The Morgan fingerprint density at radius 1 is 0.909 bits per heavy atom. The fourth-order valence-electron chi connectivity index (χ4n) is 3.31. The maximum absolute atomic E-state index is 12.7. The Bertz CT molecular complexity index is 1230. The minimum atomic E-state index is -0.151. The zero-order valence-corrected chi connectivity index (χ0v) is 19.8. The predicted molar refractivity (Wildman–Crippen MR) is 137 cm³/mol. The minimum Gasteiger partial charge on any atom is -0.489 e. The Labute approximate surface area is 203 Å². The molecule has 1 amide bonds. The molecular weight excluding hydrogens is 450 g/mol. The molecule has 0 saturated heterocycles. The number of carbonyl (C=O) groups excluding carboxylic acids is 1. The molecule has 0 saturated carbocycles. The Kier molecular flexibility index (Phi) is 7.71. The van der Waals surface area contributed by atoms with Crippen molar-refractivity contribution in [1.29, 1.82) is 0 Å². The minimum absolute atomic E-state index is 0.151. The molecule has 0 aromatic heterocycles. The molecule has 0 heterocycles. The maximum atomic E-state index is 12.7. The van der Waals surface area contributed by atoms with E-state index in [4.69, 9.17) is 16.3 Å². The van der Waals surface area contributed by atoms with Gasteiger partial charge < -0.3 is 10.1 Å². The topological polar surface area (TPSA) is 38.3 Å². The number of hydrogen-bond acceptors (Lipinski definition) is 3. The summed E-state index contributed by atoms with van der Waals surface area (Å²) >= 11 is 7.97. The second-order valence-corrected chi connectivity index (χ2v) is 9.07. The Hall–Kier alpha value is -3.21. The van der Waals surface area contributed by atoms with Crippen LogP contribution in [0.3, 0.4) is 0 Å². The molecule has 0 atom stereocenters. The summed E-state index contributed by atoms with van der Waals surface area (Å²) in [6, 6.07) is 31.2. The number of carbonyl (C=O) groups is 1. The van der Waals surface area contributed by atoms with Gasteiger partial charge >= 0.3 is 0 Å². The van der Waals surface area contributed by atoms with Crippen LogP contribution in [0.4, 0.5) is 5.69 Å². The molecule has 4 aromatic rings. The van der Waals surface area contributed by atoms with Crippen LogP contribution >= 0.6 is 23.4 Å². The van der Waals surface area contributed by atoms with Crippen LogP contribution in [0.5, 0.6) is 5.75 Å². The van der Waals surface area contributed by atoms with E-state index in [-0.39, 0.29) is 5.91 Å². The molecule has 1 N–H and O–H groups in total. The van der Waals surface area contributed by atoms with Gasteiger partial charge in [-0.1, -0.05) is 60.1 Å². The molecule has 3 nitrogen and oxygen atoms in total. The summed E-state index contributed by atoms with van der Waals surface area (Å²) in [5.41, 5.74) is 4.56. The SMILES string of the molecule is Cc1cc(CSc2ccccc2)ccc1NC(=O)c1ccc(OCc2ccccc2Cl)cc1. The summed E-state index contributed by atoms with van der Waals surface area (Å²) in [6.45, 7) is 2.39. The fourth-order valence-corrected chi connectivity index (χ4v) is 4.37. The molecule has 0 aliphatic heterocycles. The first-order valence-electron chi connectivity index (χ1n) is 10.6. The number of amides is 1. The molecule has 0 radical (unpaired) electrons. The summed E-state index contributed by atoms with van der Waals surface area (Å²) in [5, 5.41) is 3.68. The molecule has 4 aromatic carbocycles. The van der Waals surface area contributed by atoms with Gasteiger partial charge in [0.2, 0.25) is 0 Å². The zero-order valence-electron chi connectivity index (χ0n) is 18.3. The molecule has 166 valence electrons. The summed E-state index contributed by atoms with van der Waals surface area (Å²) in [6.07, 6.45) is 0.